The molecule has 6 heteroatoms. The highest BCUT2D eigenvalue weighted by atomic mass is 35.5. The fourth-order valence-electron chi connectivity index (χ4n) is 3.96. The van der Waals surface area contributed by atoms with Crippen LogP contribution in [0.3, 0.4) is 0 Å². The molecule has 0 spiro atoms. The number of nitrogens with zero attached hydrogens (tertiary/aromatic N) is 4. The number of hydrogen-bond acceptors (Lipinski definition) is 5. The second-order valence-electron chi connectivity index (χ2n) is 7.10. The van der Waals surface area contributed by atoms with Gasteiger partial charge in [0.2, 0.25) is 5.13 Å². The molecule has 2 aliphatic rings. The van der Waals surface area contributed by atoms with Gasteiger partial charge in [-0.25, -0.2) is 0 Å². The molecule has 1 atom stereocenters. The molecule has 2 saturated heterocycles. The molecule has 1 aromatic carbocycles. The zero-order valence-electron chi connectivity index (χ0n) is 14.5. The first kappa shape index (κ1) is 17.3. The van der Waals surface area contributed by atoms with Crippen LogP contribution in [0.25, 0.3) is 0 Å². The predicted octanol–water partition coefficient (Wildman–Crippen LogP) is 4.24. The third kappa shape index (κ3) is 4.33. The lowest BCUT2D eigenvalue weighted by Gasteiger charge is -2.26. The highest BCUT2D eigenvalue weighted by Gasteiger charge is 2.25. The molecule has 0 N–H and O–H groups in total. The van der Waals surface area contributed by atoms with Crippen molar-refractivity contribution in [2.75, 3.05) is 31.1 Å². The van der Waals surface area contributed by atoms with E-state index in [4.69, 9.17) is 11.6 Å². The summed E-state index contributed by atoms with van der Waals surface area (Å²) < 4.78 is 0. The maximum Gasteiger partial charge on any atom is 0.208 e. The molecule has 4 rings (SSSR count). The third-order valence-electron chi connectivity index (χ3n) is 5.35. The van der Waals surface area contributed by atoms with Gasteiger partial charge in [-0.1, -0.05) is 35.1 Å². The van der Waals surface area contributed by atoms with Gasteiger partial charge < -0.3 is 9.80 Å². The van der Waals surface area contributed by atoms with Crippen molar-refractivity contribution in [1.82, 2.24) is 15.1 Å². The van der Waals surface area contributed by atoms with Crippen molar-refractivity contribution in [2.45, 2.75) is 44.6 Å². The molecule has 0 aliphatic carbocycles. The van der Waals surface area contributed by atoms with Gasteiger partial charge in [0, 0.05) is 30.6 Å². The first-order chi connectivity index (χ1) is 12.3. The Bertz CT molecular complexity index is 681. The van der Waals surface area contributed by atoms with E-state index in [0.29, 0.717) is 0 Å². The van der Waals surface area contributed by atoms with Gasteiger partial charge in [-0.15, -0.1) is 10.2 Å². The maximum atomic E-state index is 5.96. The molecule has 25 heavy (non-hydrogen) atoms. The predicted molar refractivity (Wildman–Crippen MR) is 105 cm³/mol. The van der Waals surface area contributed by atoms with E-state index in [-0.39, 0.29) is 0 Å². The average molecular weight is 377 g/mol. The van der Waals surface area contributed by atoms with Crippen LogP contribution in [0.15, 0.2) is 24.3 Å². The Kier molecular flexibility index (Phi) is 5.54. The summed E-state index contributed by atoms with van der Waals surface area (Å²) in [6.07, 6.45) is 7.43. The van der Waals surface area contributed by atoms with Gasteiger partial charge in [-0.2, -0.15) is 0 Å². The molecule has 3 heterocycles. The van der Waals surface area contributed by atoms with Crippen molar-refractivity contribution in [3.63, 3.8) is 0 Å². The Morgan fingerprint density at radius 2 is 1.76 bits per heavy atom. The van der Waals surface area contributed by atoms with Crippen LogP contribution in [0.2, 0.25) is 5.02 Å². The molecule has 2 fully saturated rings. The van der Waals surface area contributed by atoms with Crippen LogP contribution >= 0.6 is 22.9 Å². The van der Waals surface area contributed by atoms with Crippen molar-refractivity contribution >= 4 is 28.1 Å². The summed E-state index contributed by atoms with van der Waals surface area (Å²) in [4.78, 5) is 5.15. The van der Waals surface area contributed by atoms with Crippen LogP contribution in [-0.4, -0.2) is 47.3 Å². The molecular formula is C19H25ClN4S. The summed E-state index contributed by atoms with van der Waals surface area (Å²) >= 11 is 7.70. The second-order valence-corrected chi connectivity index (χ2v) is 8.57. The highest BCUT2D eigenvalue weighted by molar-refractivity contribution is 7.15. The third-order valence-corrected chi connectivity index (χ3v) is 6.59. The van der Waals surface area contributed by atoms with Crippen LogP contribution in [0.4, 0.5) is 5.13 Å². The molecule has 1 unspecified atom stereocenters. The van der Waals surface area contributed by atoms with Crippen LogP contribution < -0.4 is 4.90 Å². The number of likely N-dealkylation sites (tertiary alicyclic amines) is 1. The minimum Gasteiger partial charge on any atom is -0.347 e. The summed E-state index contributed by atoms with van der Waals surface area (Å²) in [5.41, 5.74) is 1.23. The Morgan fingerprint density at radius 1 is 0.960 bits per heavy atom. The van der Waals surface area contributed by atoms with E-state index in [1.165, 1.54) is 50.8 Å². The van der Waals surface area contributed by atoms with E-state index in [0.717, 1.165) is 40.7 Å². The lowest BCUT2D eigenvalue weighted by atomic mass is 10.1. The van der Waals surface area contributed by atoms with Gasteiger partial charge in [-0.05, 0) is 62.9 Å². The minimum atomic E-state index is 0.772. The van der Waals surface area contributed by atoms with Crippen LogP contribution in [-0.2, 0) is 6.42 Å². The van der Waals surface area contributed by atoms with Crippen LogP contribution in [0, 0.1) is 0 Å². The van der Waals surface area contributed by atoms with E-state index in [1.54, 1.807) is 11.3 Å². The second kappa shape index (κ2) is 8.02. The number of aromatic nitrogens is 2. The number of anilines is 1. The topological polar surface area (TPSA) is 32.3 Å². The summed E-state index contributed by atoms with van der Waals surface area (Å²) in [6, 6.07) is 8.78. The lowest BCUT2D eigenvalue weighted by molar-refractivity contribution is 0.225. The summed E-state index contributed by atoms with van der Waals surface area (Å²) in [7, 11) is 0. The summed E-state index contributed by atoms with van der Waals surface area (Å²) in [6.45, 7) is 4.82. The molecule has 2 aliphatic heterocycles. The minimum absolute atomic E-state index is 0.772. The van der Waals surface area contributed by atoms with E-state index in [9.17, 15) is 0 Å². The van der Waals surface area contributed by atoms with Gasteiger partial charge in [0.15, 0.2) is 0 Å². The maximum absolute atomic E-state index is 5.96. The van der Waals surface area contributed by atoms with Crippen molar-refractivity contribution in [1.29, 1.82) is 0 Å². The average Bonchev–Trinajstić information content (AvgIpc) is 3.25. The SMILES string of the molecule is Clc1ccc(Cc2nnc(N3CCCC(N4CCCC4)CC3)s2)cc1. The molecule has 1 aromatic heterocycles. The first-order valence-corrected chi connectivity index (χ1v) is 10.5. The molecule has 134 valence electrons. The molecular weight excluding hydrogens is 352 g/mol. The standard InChI is InChI=1S/C19H25ClN4S/c20-16-7-5-15(6-8-16)14-18-21-22-19(25-18)24-12-3-4-17(9-13-24)23-10-1-2-11-23/h5-8,17H,1-4,9-14H2. The van der Waals surface area contributed by atoms with Crippen molar-refractivity contribution in [2.24, 2.45) is 0 Å². The monoisotopic (exact) mass is 376 g/mol. The smallest absolute Gasteiger partial charge is 0.208 e. The fourth-order valence-corrected chi connectivity index (χ4v) is 5.01. The fraction of sp³-hybridized carbons (Fsp3) is 0.579. The summed E-state index contributed by atoms with van der Waals surface area (Å²) in [5.74, 6) is 0. The van der Waals surface area contributed by atoms with Gasteiger partial charge in [0.25, 0.3) is 0 Å². The van der Waals surface area contributed by atoms with Crippen molar-refractivity contribution in [3.05, 3.63) is 39.9 Å². The van der Waals surface area contributed by atoms with Crippen LogP contribution in [0.1, 0.15) is 42.7 Å². The van der Waals surface area contributed by atoms with Gasteiger partial charge >= 0.3 is 0 Å². The van der Waals surface area contributed by atoms with Crippen molar-refractivity contribution < 1.29 is 0 Å². The quantitative estimate of drug-likeness (QED) is 0.799. The zero-order valence-corrected chi connectivity index (χ0v) is 16.1. The Morgan fingerprint density at radius 3 is 2.56 bits per heavy atom. The lowest BCUT2D eigenvalue weighted by Crippen LogP contribution is -2.33. The Labute approximate surface area is 158 Å². The van der Waals surface area contributed by atoms with Gasteiger partial charge in [0.1, 0.15) is 5.01 Å². The number of hydrogen-bond donors (Lipinski definition) is 0. The summed E-state index contributed by atoms with van der Waals surface area (Å²) in [5, 5.41) is 11.8. The first-order valence-electron chi connectivity index (χ1n) is 9.34. The highest BCUT2D eigenvalue weighted by Crippen LogP contribution is 2.27. The van der Waals surface area contributed by atoms with E-state index in [1.807, 2.05) is 12.1 Å². The van der Waals surface area contributed by atoms with Gasteiger partial charge in [-0.3, -0.25) is 0 Å². The zero-order chi connectivity index (χ0) is 17.1. The Hall–Kier alpha value is -1.17. The molecule has 0 radical (unpaired) electrons. The van der Waals surface area contributed by atoms with Gasteiger partial charge in [0.05, 0.1) is 0 Å². The number of rotatable bonds is 4. The molecule has 0 amide bonds. The van der Waals surface area contributed by atoms with E-state index in [2.05, 4.69) is 32.1 Å². The van der Waals surface area contributed by atoms with Crippen LogP contribution in [0.5, 0.6) is 0 Å². The Balaban J connectivity index is 1.37. The number of benzene rings is 1. The number of halogens is 1. The molecule has 4 nitrogen and oxygen atoms in total. The van der Waals surface area contributed by atoms with E-state index < -0.39 is 0 Å². The normalized spacial score (nSPS) is 22.3. The molecule has 0 saturated carbocycles. The largest absolute Gasteiger partial charge is 0.347 e. The molecule has 0 bridgehead atoms. The van der Waals surface area contributed by atoms with Crippen molar-refractivity contribution in [3.8, 4) is 0 Å². The van der Waals surface area contributed by atoms with E-state index >= 15 is 0 Å². The molecule has 2 aromatic rings.